The van der Waals surface area contributed by atoms with E-state index in [1.807, 2.05) is 0 Å². The second-order valence-corrected chi connectivity index (χ2v) is 3.53. The number of carboxylic acids is 1. The maximum Gasteiger partial charge on any atom is 0.331 e. The molecule has 16 heavy (non-hydrogen) atoms. The van der Waals surface area contributed by atoms with Gasteiger partial charge in [0.25, 0.3) is 5.69 Å². The molecule has 0 radical (unpaired) electrons. The normalized spacial score (nSPS) is 11.2. The Hall–Kier alpha value is -1.88. The fourth-order valence-electron chi connectivity index (χ4n) is 1.10. The monoisotopic (exact) mass is 241 g/mol. The first-order chi connectivity index (χ1) is 7.41. The van der Waals surface area contributed by atoms with Crippen molar-refractivity contribution in [1.29, 1.82) is 0 Å². The molecule has 84 valence electrons. The van der Waals surface area contributed by atoms with Gasteiger partial charge in [-0.3, -0.25) is 10.1 Å². The SMILES string of the molecule is CC(=Cc1cc(Cl)ccc1[N+](=O)[O-])C(=O)O. The molecular weight excluding hydrogens is 234 g/mol. The lowest BCUT2D eigenvalue weighted by Gasteiger charge is -1.99. The third-order valence-corrected chi connectivity index (χ3v) is 2.13. The molecule has 0 aliphatic carbocycles. The Bertz CT molecular complexity index is 482. The Balaban J connectivity index is 3.31. The molecule has 0 amide bonds. The summed E-state index contributed by atoms with van der Waals surface area (Å²) in [6, 6.07) is 3.97. The van der Waals surface area contributed by atoms with E-state index >= 15 is 0 Å². The number of hydrogen-bond donors (Lipinski definition) is 1. The van der Waals surface area contributed by atoms with Crippen LogP contribution in [0.15, 0.2) is 23.8 Å². The van der Waals surface area contributed by atoms with E-state index in [4.69, 9.17) is 16.7 Å². The number of halogens is 1. The van der Waals surface area contributed by atoms with Gasteiger partial charge in [-0.05, 0) is 25.1 Å². The molecule has 0 spiro atoms. The summed E-state index contributed by atoms with van der Waals surface area (Å²) >= 11 is 5.69. The first-order valence-electron chi connectivity index (χ1n) is 4.27. The van der Waals surface area contributed by atoms with Gasteiger partial charge in [0.1, 0.15) is 0 Å². The zero-order chi connectivity index (χ0) is 12.3. The molecule has 5 nitrogen and oxygen atoms in total. The largest absolute Gasteiger partial charge is 0.478 e. The fraction of sp³-hybridized carbons (Fsp3) is 0.100. The van der Waals surface area contributed by atoms with Gasteiger partial charge in [-0.1, -0.05) is 11.6 Å². The summed E-state index contributed by atoms with van der Waals surface area (Å²) in [6.07, 6.45) is 1.21. The highest BCUT2D eigenvalue weighted by Gasteiger charge is 2.13. The molecule has 1 aromatic carbocycles. The van der Waals surface area contributed by atoms with Crippen LogP contribution in [0.1, 0.15) is 12.5 Å². The summed E-state index contributed by atoms with van der Waals surface area (Å²) in [5, 5.41) is 19.7. The van der Waals surface area contributed by atoms with Crippen molar-refractivity contribution in [3.63, 3.8) is 0 Å². The lowest BCUT2D eigenvalue weighted by Crippen LogP contribution is -1.97. The van der Waals surface area contributed by atoms with Crippen LogP contribution in [0.2, 0.25) is 5.02 Å². The van der Waals surface area contributed by atoms with E-state index < -0.39 is 10.9 Å². The first-order valence-corrected chi connectivity index (χ1v) is 4.65. The predicted octanol–water partition coefficient (Wildman–Crippen LogP) is 2.74. The van der Waals surface area contributed by atoms with Crippen LogP contribution in [0.3, 0.4) is 0 Å². The molecule has 0 atom stereocenters. The Labute approximate surface area is 96.1 Å². The third-order valence-electron chi connectivity index (χ3n) is 1.90. The van der Waals surface area contributed by atoms with Gasteiger partial charge in [0.05, 0.1) is 10.5 Å². The number of hydrogen-bond acceptors (Lipinski definition) is 3. The van der Waals surface area contributed by atoms with Crippen LogP contribution in [0, 0.1) is 10.1 Å². The van der Waals surface area contributed by atoms with Gasteiger partial charge in [0.15, 0.2) is 0 Å². The maximum absolute atomic E-state index is 10.7. The average molecular weight is 242 g/mol. The van der Waals surface area contributed by atoms with Crippen molar-refractivity contribution >= 4 is 29.3 Å². The Morgan fingerprint density at radius 3 is 2.69 bits per heavy atom. The number of nitrogens with zero attached hydrogens (tertiary/aromatic N) is 1. The van der Waals surface area contributed by atoms with Gasteiger partial charge < -0.3 is 5.11 Å². The van der Waals surface area contributed by atoms with Crippen molar-refractivity contribution in [2.24, 2.45) is 0 Å². The molecule has 1 N–H and O–H groups in total. The van der Waals surface area contributed by atoms with Crippen LogP contribution in [-0.2, 0) is 4.79 Å². The second-order valence-electron chi connectivity index (χ2n) is 3.09. The molecule has 1 aromatic rings. The van der Waals surface area contributed by atoms with Crippen molar-refractivity contribution < 1.29 is 14.8 Å². The standard InChI is InChI=1S/C10H8ClNO4/c1-6(10(13)14)4-7-5-8(11)2-3-9(7)12(15)16/h2-5H,1H3,(H,13,14). The zero-order valence-electron chi connectivity index (χ0n) is 8.31. The number of aliphatic carboxylic acids is 1. The van der Waals surface area contributed by atoms with Gasteiger partial charge in [-0.15, -0.1) is 0 Å². The smallest absolute Gasteiger partial charge is 0.331 e. The molecule has 0 saturated carbocycles. The van der Waals surface area contributed by atoms with E-state index in [0.717, 1.165) is 0 Å². The fourth-order valence-corrected chi connectivity index (χ4v) is 1.28. The molecule has 0 bridgehead atoms. The molecule has 1 rings (SSSR count). The van der Waals surface area contributed by atoms with E-state index in [9.17, 15) is 14.9 Å². The van der Waals surface area contributed by atoms with Crippen LogP contribution >= 0.6 is 11.6 Å². The molecule has 0 saturated heterocycles. The average Bonchev–Trinajstić information content (AvgIpc) is 2.16. The summed E-state index contributed by atoms with van der Waals surface area (Å²) in [6.45, 7) is 1.35. The van der Waals surface area contributed by atoms with E-state index in [-0.39, 0.29) is 16.8 Å². The van der Waals surface area contributed by atoms with Crippen molar-refractivity contribution in [2.45, 2.75) is 6.92 Å². The molecule has 0 heterocycles. The third kappa shape index (κ3) is 2.80. The number of benzene rings is 1. The summed E-state index contributed by atoms with van der Waals surface area (Å²) in [7, 11) is 0. The van der Waals surface area contributed by atoms with Gasteiger partial charge in [0.2, 0.25) is 0 Å². The van der Waals surface area contributed by atoms with Crippen molar-refractivity contribution in [2.75, 3.05) is 0 Å². The van der Waals surface area contributed by atoms with Gasteiger partial charge in [-0.2, -0.15) is 0 Å². The maximum atomic E-state index is 10.7. The van der Waals surface area contributed by atoms with E-state index in [2.05, 4.69) is 0 Å². The minimum atomic E-state index is -1.13. The van der Waals surface area contributed by atoms with E-state index in [0.29, 0.717) is 5.02 Å². The zero-order valence-corrected chi connectivity index (χ0v) is 9.06. The summed E-state index contributed by atoms with van der Waals surface area (Å²) in [4.78, 5) is 20.7. The number of nitro benzene ring substituents is 1. The van der Waals surface area contributed by atoms with Gasteiger partial charge in [-0.25, -0.2) is 4.79 Å². The second kappa shape index (κ2) is 4.76. The minimum Gasteiger partial charge on any atom is -0.478 e. The van der Waals surface area contributed by atoms with E-state index in [1.165, 1.54) is 31.2 Å². The number of nitro groups is 1. The van der Waals surface area contributed by atoms with Gasteiger partial charge >= 0.3 is 5.97 Å². The highest BCUT2D eigenvalue weighted by atomic mass is 35.5. The highest BCUT2D eigenvalue weighted by Crippen LogP contribution is 2.24. The Kier molecular flexibility index (Phi) is 3.63. The predicted molar refractivity (Wildman–Crippen MR) is 59.4 cm³/mol. The van der Waals surface area contributed by atoms with Crippen molar-refractivity contribution in [3.8, 4) is 0 Å². The number of carboxylic acid groups (broad SMARTS) is 1. The van der Waals surface area contributed by atoms with Crippen molar-refractivity contribution in [3.05, 3.63) is 44.5 Å². The van der Waals surface area contributed by atoms with Crippen LogP contribution in [0.4, 0.5) is 5.69 Å². The summed E-state index contributed by atoms with van der Waals surface area (Å²) < 4.78 is 0. The first kappa shape index (κ1) is 12.2. The van der Waals surface area contributed by atoms with E-state index in [1.54, 1.807) is 0 Å². The lowest BCUT2D eigenvalue weighted by molar-refractivity contribution is -0.385. The highest BCUT2D eigenvalue weighted by molar-refractivity contribution is 6.30. The molecular formula is C10H8ClNO4. The molecule has 0 aliphatic heterocycles. The molecule has 6 heteroatoms. The number of rotatable bonds is 3. The topological polar surface area (TPSA) is 80.4 Å². The minimum absolute atomic E-state index is 0.00497. The molecule has 0 aliphatic rings. The summed E-state index contributed by atoms with van der Waals surface area (Å²) in [5.74, 6) is -1.13. The van der Waals surface area contributed by atoms with Crippen molar-refractivity contribution in [1.82, 2.24) is 0 Å². The summed E-state index contributed by atoms with van der Waals surface area (Å²) in [5.41, 5.74) is 0.00719. The van der Waals surface area contributed by atoms with Crippen LogP contribution < -0.4 is 0 Å². The molecule has 0 fully saturated rings. The Morgan fingerprint density at radius 1 is 1.56 bits per heavy atom. The lowest BCUT2D eigenvalue weighted by atomic mass is 10.1. The van der Waals surface area contributed by atoms with Crippen LogP contribution in [0.25, 0.3) is 6.08 Å². The van der Waals surface area contributed by atoms with Gasteiger partial charge in [0, 0.05) is 16.7 Å². The molecule has 0 aromatic heterocycles. The van der Waals surface area contributed by atoms with Crippen LogP contribution in [0.5, 0.6) is 0 Å². The quantitative estimate of drug-likeness (QED) is 0.501. The van der Waals surface area contributed by atoms with Crippen LogP contribution in [-0.4, -0.2) is 16.0 Å². The Morgan fingerprint density at radius 2 is 2.19 bits per heavy atom. The molecule has 0 unspecified atom stereocenters. The number of carbonyl (C=O) groups is 1.